The molecule has 2 heterocycles. The number of carbonyl (C=O) groups is 1. The molecule has 0 aliphatic heterocycles. The minimum atomic E-state index is 0.0772. The molecule has 7 heteroatoms. The average Bonchev–Trinajstić information content (AvgIpc) is 3.00. The number of tetrazole rings is 1. The van der Waals surface area contributed by atoms with Crippen LogP contribution in [0, 0.1) is 0 Å². The summed E-state index contributed by atoms with van der Waals surface area (Å²) in [4.78, 5) is 11.7. The molecule has 2 aromatic heterocycles. The maximum Gasteiger partial charge on any atom is 0.172 e. The van der Waals surface area contributed by atoms with E-state index in [0.717, 1.165) is 18.7 Å². The van der Waals surface area contributed by atoms with Crippen LogP contribution in [0.3, 0.4) is 0 Å². The van der Waals surface area contributed by atoms with Crippen molar-refractivity contribution in [2.24, 2.45) is 0 Å². The molecule has 0 fully saturated rings. The highest BCUT2D eigenvalue weighted by molar-refractivity contribution is 5.79. The fraction of sp³-hybridized carbons (Fsp3) is 0.500. The number of nitrogens with zero attached hydrogens (tertiary/aromatic N) is 5. The highest BCUT2D eigenvalue weighted by atomic mass is 16.5. The van der Waals surface area contributed by atoms with Crippen LogP contribution in [-0.4, -0.2) is 32.6 Å². The Morgan fingerprint density at radius 2 is 2.19 bits per heavy atom. The van der Waals surface area contributed by atoms with Crippen LogP contribution in [0.2, 0.25) is 0 Å². The van der Waals surface area contributed by atoms with Crippen molar-refractivity contribution in [1.82, 2.24) is 20.2 Å². The van der Waals surface area contributed by atoms with E-state index in [4.69, 9.17) is 4.74 Å². The Balaban J connectivity index is 1.66. The van der Waals surface area contributed by atoms with Crippen LogP contribution in [0.1, 0.15) is 26.2 Å². The summed E-state index contributed by atoms with van der Waals surface area (Å²) in [6, 6.07) is 3.76. The van der Waals surface area contributed by atoms with Crippen LogP contribution in [0.25, 0.3) is 0 Å². The molecule has 0 saturated heterocycles. The molecule has 0 unspecified atom stereocenters. The number of hydrogen-bond donors (Lipinski definition) is 0. The highest BCUT2D eigenvalue weighted by Gasteiger charge is 2.05. The van der Waals surface area contributed by atoms with Gasteiger partial charge in [0.15, 0.2) is 18.2 Å². The second-order valence-electron chi connectivity index (χ2n) is 4.78. The highest BCUT2D eigenvalue weighted by Crippen LogP contribution is 2.07. The van der Waals surface area contributed by atoms with E-state index in [-0.39, 0.29) is 12.4 Å². The SMILES string of the molecule is CCC[n+]1ccc(OCC(=O)CCCn2cnnn2)cc1. The van der Waals surface area contributed by atoms with Crippen molar-refractivity contribution in [2.45, 2.75) is 39.3 Å². The van der Waals surface area contributed by atoms with E-state index >= 15 is 0 Å². The molecular formula is C14H20N5O2+. The van der Waals surface area contributed by atoms with Gasteiger partial charge >= 0.3 is 0 Å². The van der Waals surface area contributed by atoms with E-state index in [1.54, 1.807) is 4.68 Å². The van der Waals surface area contributed by atoms with Gasteiger partial charge < -0.3 is 4.74 Å². The summed E-state index contributed by atoms with van der Waals surface area (Å²) >= 11 is 0. The maximum atomic E-state index is 11.7. The number of carbonyl (C=O) groups excluding carboxylic acids is 1. The normalized spacial score (nSPS) is 10.5. The lowest BCUT2D eigenvalue weighted by molar-refractivity contribution is -0.697. The first-order valence-electron chi connectivity index (χ1n) is 7.12. The van der Waals surface area contributed by atoms with Gasteiger partial charge in [-0.05, 0) is 16.8 Å². The van der Waals surface area contributed by atoms with Crippen molar-refractivity contribution in [3.8, 4) is 5.75 Å². The van der Waals surface area contributed by atoms with Crippen LogP contribution >= 0.6 is 0 Å². The van der Waals surface area contributed by atoms with Crippen molar-refractivity contribution < 1.29 is 14.1 Å². The van der Waals surface area contributed by atoms with Gasteiger partial charge in [-0.3, -0.25) is 4.79 Å². The zero-order chi connectivity index (χ0) is 14.9. The molecule has 0 N–H and O–H groups in total. The largest absolute Gasteiger partial charge is 0.485 e. The van der Waals surface area contributed by atoms with Gasteiger partial charge in [0.2, 0.25) is 0 Å². The number of hydrogen-bond acceptors (Lipinski definition) is 5. The van der Waals surface area contributed by atoms with Gasteiger partial charge in [-0.25, -0.2) is 9.25 Å². The standard InChI is InChI=1S/C14H20N5O2/c1-2-7-18-9-5-14(6-10-18)21-11-13(20)4-3-8-19-12-15-16-17-19/h5-6,9-10,12H,2-4,7-8,11H2,1H3/q+1. The first-order chi connectivity index (χ1) is 10.3. The first kappa shape index (κ1) is 15.1. The van der Waals surface area contributed by atoms with Gasteiger partial charge in [-0.2, -0.15) is 0 Å². The van der Waals surface area contributed by atoms with Crippen molar-refractivity contribution in [1.29, 1.82) is 0 Å². The number of aromatic nitrogens is 5. The fourth-order valence-electron chi connectivity index (χ4n) is 1.90. The molecule has 0 aliphatic rings. The Morgan fingerprint density at radius 3 is 2.86 bits per heavy atom. The van der Waals surface area contributed by atoms with Gasteiger partial charge in [0.1, 0.15) is 25.2 Å². The Labute approximate surface area is 123 Å². The third-order valence-electron chi connectivity index (χ3n) is 2.98. The Bertz CT molecular complexity index is 539. The molecule has 0 aliphatic carbocycles. The van der Waals surface area contributed by atoms with E-state index in [0.29, 0.717) is 19.4 Å². The topological polar surface area (TPSA) is 73.8 Å². The molecule has 0 atom stereocenters. The Morgan fingerprint density at radius 1 is 1.38 bits per heavy atom. The number of ether oxygens (including phenoxy) is 1. The van der Waals surface area contributed by atoms with E-state index in [1.807, 2.05) is 24.5 Å². The second-order valence-corrected chi connectivity index (χ2v) is 4.78. The molecule has 112 valence electrons. The van der Waals surface area contributed by atoms with Crippen molar-refractivity contribution >= 4 is 5.78 Å². The first-order valence-corrected chi connectivity index (χ1v) is 7.12. The summed E-state index contributed by atoms with van der Waals surface area (Å²) in [5, 5.41) is 10.8. The second kappa shape index (κ2) is 8.08. The quantitative estimate of drug-likeness (QED) is 0.639. The average molecular weight is 290 g/mol. The number of aryl methyl sites for hydroxylation is 2. The molecule has 2 aromatic rings. The number of pyridine rings is 1. The third-order valence-corrected chi connectivity index (χ3v) is 2.98. The van der Waals surface area contributed by atoms with E-state index < -0.39 is 0 Å². The van der Waals surface area contributed by atoms with Crippen LogP contribution in [0.5, 0.6) is 5.75 Å². The number of Topliss-reactive ketones (excluding diaryl/α,β-unsaturated/α-hetero) is 1. The Kier molecular flexibility index (Phi) is 5.81. The molecule has 0 aromatic carbocycles. The van der Waals surface area contributed by atoms with Gasteiger partial charge in [0.05, 0.1) is 0 Å². The van der Waals surface area contributed by atoms with E-state index in [2.05, 4.69) is 27.0 Å². The van der Waals surface area contributed by atoms with Crippen LogP contribution in [0.4, 0.5) is 0 Å². The summed E-state index contributed by atoms with van der Waals surface area (Å²) < 4.78 is 9.17. The molecule has 0 bridgehead atoms. The van der Waals surface area contributed by atoms with E-state index in [9.17, 15) is 4.79 Å². The lowest BCUT2D eigenvalue weighted by atomic mass is 10.2. The molecule has 0 saturated carbocycles. The molecule has 2 rings (SSSR count). The minimum absolute atomic E-state index is 0.0772. The van der Waals surface area contributed by atoms with Crippen molar-refractivity contribution in [3.63, 3.8) is 0 Å². The fourth-order valence-corrected chi connectivity index (χ4v) is 1.90. The van der Waals surface area contributed by atoms with Crippen molar-refractivity contribution in [2.75, 3.05) is 6.61 Å². The van der Waals surface area contributed by atoms with Crippen molar-refractivity contribution in [3.05, 3.63) is 30.9 Å². The summed E-state index contributed by atoms with van der Waals surface area (Å²) in [5.41, 5.74) is 0. The van der Waals surface area contributed by atoms with E-state index in [1.165, 1.54) is 6.33 Å². The third kappa shape index (κ3) is 5.29. The van der Waals surface area contributed by atoms with Crippen LogP contribution < -0.4 is 9.30 Å². The summed E-state index contributed by atoms with van der Waals surface area (Å²) in [5.74, 6) is 0.796. The molecule has 7 nitrogen and oxygen atoms in total. The summed E-state index contributed by atoms with van der Waals surface area (Å²) in [7, 11) is 0. The van der Waals surface area contributed by atoms with Gasteiger partial charge in [-0.1, -0.05) is 6.92 Å². The van der Waals surface area contributed by atoms with Crippen LogP contribution in [-0.2, 0) is 17.9 Å². The van der Waals surface area contributed by atoms with Gasteiger partial charge in [0, 0.05) is 31.5 Å². The van der Waals surface area contributed by atoms with Crippen LogP contribution in [0.15, 0.2) is 30.9 Å². The molecule has 0 radical (unpaired) electrons. The predicted octanol–water partition coefficient (Wildman–Crippen LogP) is 0.799. The zero-order valence-electron chi connectivity index (χ0n) is 12.2. The smallest absolute Gasteiger partial charge is 0.172 e. The predicted molar refractivity (Wildman–Crippen MR) is 74.5 cm³/mol. The van der Waals surface area contributed by atoms with Gasteiger partial charge in [-0.15, -0.1) is 5.10 Å². The summed E-state index contributed by atoms with van der Waals surface area (Å²) in [6.07, 6.45) is 7.71. The number of ketones is 1. The summed E-state index contributed by atoms with van der Waals surface area (Å²) in [6.45, 7) is 3.86. The van der Waals surface area contributed by atoms with Gasteiger partial charge in [0.25, 0.3) is 0 Å². The molecular weight excluding hydrogens is 270 g/mol. The number of rotatable bonds is 9. The monoisotopic (exact) mass is 290 g/mol. The molecule has 0 amide bonds. The zero-order valence-corrected chi connectivity index (χ0v) is 12.2. The maximum absolute atomic E-state index is 11.7. The lowest BCUT2D eigenvalue weighted by Gasteiger charge is -2.05. The molecule has 0 spiro atoms. The Hall–Kier alpha value is -2.31. The lowest BCUT2D eigenvalue weighted by Crippen LogP contribution is -2.31. The molecule has 21 heavy (non-hydrogen) atoms. The minimum Gasteiger partial charge on any atom is -0.485 e.